The first-order chi connectivity index (χ1) is 13.7. The van der Waals surface area contributed by atoms with E-state index in [1.165, 1.54) is 17.7 Å². The van der Waals surface area contributed by atoms with Crippen molar-refractivity contribution in [2.75, 3.05) is 19.6 Å². The molecule has 4 rings (SSSR count). The molecule has 0 saturated carbocycles. The van der Waals surface area contributed by atoms with Crippen molar-refractivity contribution in [1.82, 2.24) is 10.2 Å². The second-order valence-electron chi connectivity index (χ2n) is 7.10. The Bertz CT molecular complexity index is 940. The zero-order valence-electron chi connectivity index (χ0n) is 15.6. The van der Waals surface area contributed by atoms with Gasteiger partial charge in [-0.3, -0.25) is 4.79 Å². The van der Waals surface area contributed by atoms with Crippen molar-refractivity contribution in [2.24, 2.45) is 0 Å². The van der Waals surface area contributed by atoms with Crippen molar-refractivity contribution in [3.05, 3.63) is 95.8 Å². The first-order valence-corrected chi connectivity index (χ1v) is 9.63. The van der Waals surface area contributed by atoms with Gasteiger partial charge in [0, 0.05) is 31.2 Å². The number of piperazine rings is 1. The Morgan fingerprint density at radius 3 is 2.46 bits per heavy atom. The lowest BCUT2D eigenvalue weighted by Gasteiger charge is -2.37. The number of amides is 1. The average molecular weight is 374 g/mol. The predicted molar refractivity (Wildman–Crippen MR) is 110 cm³/mol. The molecule has 1 aliphatic rings. The van der Waals surface area contributed by atoms with Gasteiger partial charge in [-0.1, -0.05) is 60.7 Å². The van der Waals surface area contributed by atoms with Crippen LogP contribution in [0.5, 0.6) is 0 Å². The summed E-state index contributed by atoms with van der Waals surface area (Å²) in [7, 11) is 0. The number of halogens is 1. The number of benzene rings is 3. The highest BCUT2D eigenvalue weighted by atomic mass is 19.1. The number of nitrogens with one attached hydrogen (secondary N) is 1. The molecule has 1 fully saturated rings. The number of rotatable bonds is 4. The third-order valence-electron chi connectivity index (χ3n) is 5.24. The molecule has 3 aromatic rings. The second kappa shape index (κ2) is 8.36. The molecule has 1 saturated heterocycles. The summed E-state index contributed by atoms with van der Waals surface area (Å²) in [5.74, 6) is -0.250. The van der Waals surface area contributed by atoms with Crippen molar-refractivity contribution in [3.63, 3.8) is 0 Å². The standard InChI is InChI=1S/C24H23FN2O/c25-20-12-10-19(11-13-20)22-8-4-5-9-23(22)24(28)27-15-14-26-17-21(27)16-18-6-2-1-3-7-18/h1-13,21,26H,14-17H2/t21-/m1/s1. The quantitative estimate of drug-likeness (QED) is 0.744. The van der Waals surface area contributed by atoms with Crippen LogP contribution >= 0.6 is 0 Å². The maximum Gasteiger partial charge on any atom is 0.254 e. The molecule has 0 bridgehead atoms. The highest BCUT2D eigenvalue weighted by Gasteiger charge is 2.28. The molecule has 1 aliphatic heterocycles. The van der Waals surface area contributed by atoms with E-state index in [0.717, 1.165) is 30.6 Å². The maximum atomic E-state index is 13.5. The fraction of sp³-hybridized carbons (Fsp3) is 0.208. The molecule has 1 N–H and O–H groups in total. The summed E-state index contributed by atoms with van der Waals surface area (Å²) >= 11 is 0. The number of nitrogens with zero attached hydrogens (tertiary/aromatic N) is 1. The van der Waals surface area contributed by atoms with Gasteiger partial charge in [-0.05, 0) is 41.3 Å². The van der Waals surface area contributed by atoms with Gasteiger partial charge in [0.2, 0.25) is 0 Å². The van der Waals surface area contributed by atoms with Gasteiger partial charge in [0.15, 0.2) is 0 Å². The van der Waals surface area contributed by atoms with E-state index in [1.54, 1.807) is 12.1 Å². The average Bonchev–Trinajstić information content (AvgIpc) is 2.75. The van der Waals surface area contributed by atoms with Gasteiger partial charge in [-0.25, -0.2) is 4.39 Å². The molecule has 3 nitrogen and oxygen atoms in total. The highest BCUT2D eigenvalue weighted by molar-refractivity contribution is 6.01. The van der Waals surface area contributed by atoms with E-state index in [9.17, 15) is 9.18 Å². The lowest BCUT2D eigenvalue weighted by Crippen LogP contribution is -2.54. The van der Waals surface area contributed by atoms with Crippen molar-refractivity contribution in [1.29, 1.82) is 0 Å². The molecular formula is C24H23FN2O. The summed E-state index contributed by atoms with van der Waals surface area (Å²) in [5, 5.41) is 3.41. The van der Waals surface area contributed by atoms with Crippen LogP contribution in [-0.4, -0.2) is 36.5 Å². The molecule has 0 unspecified atom stereocenters. The Morgan fingerprint density at radius 1 is 0.964 bits per heavy atom. The number of carbonyl (C=O) groups is 1. The lowest BCUT2D eigenvalue weighted by atomic mass is 9.97. The van der Waals surface area contributed by atoms with E-state index in [2.05, 4.69) is 17.4 Å². The van der Waals surface area contributed by atoms with E-state index in [-0.39, 0.29) is 17.8 Å². The topological polar surface area (TPSA) is 32.3 Å². The van der Waals surface area contributed by atoms with Crippen molar-refractivity contribution in [2.45, 2.75) is 12.5 Å². The van der Waals surface area contributed by atoms with E-state index in [0.29, 0.717) is 12.1 Å². The molecule has 1 amide bonds. The Hall–Kier alpha value is -2.98. The minimum atomic E-state index is -0.280. The molecule has 0 radical (unpaired) electrons. The van der Waals surface area contributed by atoms with Gasteiger partial charge in [0.05, 0.1) is 0 Å². The maximum absolute atomic E-state index is 13.5. The van der Waals surface area contributed by atoms with Gasteiger partial charge in [0.25, 0.3) is 5.91 Å². The lowest BCUT2D eigenvalue weighted by molar-refractivity contribution is 0.0637. The molecule has 142 valence electrons. The minimum Gasteiger partial charge on any atom is -0.333 e. The van der Waals surface area contributed by atoms with Crippen LogP contribution in [0.3, 0.4) is 0 Å². The number of carbonyl (C=O) groups excluding carboxylic acids is 1. The number of hydrogen-bond donors (Lipinski definition) is 1. The molecule has 1 atom stereocenters. The monoisotopic (exact) mass is 374 g/mol. The Balaban J connectivity index is 1.63. The normalized spacial score (nSPS) is 16.8. The smallest absolute Gasteiger partial charge is 0.254 e. The van der Waals surface area contributed by atoms with Gasteiger partial charge in [0.1, 0.15) is 5.82 Å². The highest BCUT2D eigenvalue weighted by Crippen LogP contribution is 2.26. The van der Waals surface area contributed by atoms with Gasteiger partial charge >= 0.3 is 0 Å². The van der Waals surface area contributed by atoms with Crippen LogP contribution in [0.1, 0.15) is 15.9 Å². The van der Waals surface area contributed by atoms with E-state index >= 15 is 0 Å². The van der Waals surface area contributed by atoms with Crippen molar-refractivity contribution < 1.29 is 9.18 Å². The fourth-order valence-corrected chi connectivity index (χ4v) is 3.80. The summed E-state index contributed by atoms with van der Waals surface area (Å²) in [6.45, 7) is 2.24. The summed E-state index contributed by atoms with van der Waals surface area (Å²) < 4.78 is 13.3. The molecule has 28 heavy (non-hydrogen) atoms. The summed E-state index contributed by atoms with van der Waals surface area (Å²) in [4.78, 5) is 15.5. The van der Waals surface area contributed by atoms with Crippen LogP contribution in [0.2, 0.25) is 0 Å². The molecule has 0 aliphatic carbocycles. The first kappa shape index (κ1) is 18.4. The summed E-state index contributed by atoms with van der Waals surface area (Å²) in [6, 6.07) is 24.3. The SMILES string of the molecule is O=C(c1ccccc1-c1ccc(F)cc1)N1CCNC[C@H]1Cc1ccccc1. The Labute approximate surface area is 164 Å². The van der Waals surface area contributed by atoms with Crippen molar-refractivity contribution >= 4 is 5.91 Å². The van der Waals surface area contributed by atoms with Crippen LogP contribution in [0.15, 0.2) is 78.9 Å². The van der Waals surface area contributed by atoms with Crippen LogP contribution in [0.4, 0.5) is 4.39 Å². The molecule has 4 heteroatoms. The second-order valence-corrected chi connectivity index (χ2v) is 7.10. The molecule has 1 heterocycles. The van der Waals surface area contributed by atoms with Crippen molar-refractivity contribution in [3.8, 4) is 11.1 Å². The van der Waals surface area contributed by atoms with Gasteiger partial charge in [-0.15, -0.1) is 0 Å². The zero-order chi connectivity index (χ0) is 19.3. The fourth-order valence-electron chi connectivity index (χ4n) is 3.80. The third-order valence-corrected chi connectivity index (χ3v) is 5.24. The van der Waals surface area contributed by atoms with Crippen LogP contribution < -0.4 is 5.32 Å². The van der Waals surface area contributed by atoms with Crippen LogP contribution in [-0.2, 0) is 6.42 Å². The summed E-state index contributed by atoms with van der Waals surface area (Å²) in [6.07, 6.45) is 0.818. The number of hydrogen-bond acceptors (Lipinski definition) is 2. The third kappa shape index (κ3) is 3.97. The zero-order valence-corrected chi connectivity index (χ0v) is 15.6. The van der Waals surface area contributed by atoms with Gasteiger partial charge < -0.3 is 10.2 Å². The first-order valence-electron chi connectivity index (χ1n) is 9.63. The molecule has 0 spiro atoms. The van der Waals surface area contributed by atoms with E-state index in [4.69, 9.17) is 0 Å². The Kier molecular flexibility index (Phi) is 5.49. The summed E-state index contributed by atoms with van der Waals surface area (Å²) in [5.41, 5.74) is 3.57. The molecule has 3 aromatic carbocycles. The largest absolute Gasteiger partial charge is 0.333 e. The molecule has 0 aromatic heterocycles. The Morgan fingerprint density at radius 2 is 1.68 bits per heavy atom. The van der Waals surface area contributed by atoms with Crippen LogP contribution in [0.25, 0.3) is 11.1 Å². The van der Waals surface area contributed by atoms with E-state index < -0.39 is 0 Å². The van der Waals surface area contributed by atoms with Gasteiger partial charge in [-0.2, -0.15) is 0 Å². The van der Waals surface area contributed by atoms with Crippen LogP contribution in [0, 0.1) is 5.82 Å². The minimum absolute atomic E-state index is 0.0300. The van der Waals surface area contributed by atoms with E-state index in [1.807, 2.05) is 47.4 Å². The predicted octanol–water partition coefficient (Wildman–Crippen LogP) is 4.15. The molecular weight excluding hydrogens is 351 g/mol.